The molecule has 0 amide bonds. The number of hydrogen-bond donors (Lipinski definition) is 2. The number of rotatable bonds is 1. The highest BCUT2D eigenvalue weighted by molar-refractivity contribution is 4.99. The van der Waals surface area contributed by atoms with Crippen LogP contribution < -0.4 is 11.1 Å². The molecule has 0 spiro atoms. The van der Waals surface area contributed by atoms with Crippen molar-refractivity contribution >= 4 is 0 Å². The van der Waals surface area contributed by atoms with E-state index in [0.717, 1.165) is 12.8 Å². The van der Waals surface area contributed by atoms with E-state index in [2.05, 4.69) is 5.32 Å². The van der Waals surface area contributed by atoms with Crippen LogP contribution in [0.4, 0.5) is 0 Å². The molecule has 0 atom stereocenters. The molecule has 0 saturated heterocycles. The summed E-state index contributed by atoms with van der Waals surface area (Å²) in [5, 5.41) is 10.5. The second-order valence-corrected chi connectivity index (χ2v) is 1.89. The van der Waals surface area contributed by atoms with Crippen LogP contribution in [-0.4, -0.2) is 5.66 Å². The van der Waals surface area contributed by atoms with E-state index in [-0.39, 0.29) is 5.66 Å². The van der Waals surface area contributed by atoms with Crippen molar-refractivity contribution in [1.82, 2.24) is 5.32 Å². The van der Waals surface area contributed by atoms with Gasteiger partial charge in [-0.25, -0.2) is 0 Å². The van der Waals surface area contributed by atoms with E-state index in [1.54, 1.807) is 6.19 Å². The number of hydrogen-bond acceptors (Lipinski definition) is 3. The maximum absolute atomic E-state index is 8.00. The molecule has 0 heterocycles. The lowest BCUT2D eigenvalue weighted by molar-refractivity contribution is 0.615. The molecule has 0 aromatic carbocycles. The van der Waals surface area contributed by atoms with Gasteiger partial charge in [0.05, 0.1) is 5.66 Å². The molecule has 0 aromatic rings. The van der Waals surface area contributed by atoms with Crippen molar-refractivity contribution in [3.05, 3.63) is 0 Å². The topological polar surface area (TPSA) is 61.8 Å². The normalized spacial score (nSPS) is 22.9. The third-order valence-electron chi connectivity index (χ3n) is 1.09. The summed E-state index contributed by atoms with van der Waals surface area (Å²) in [6.07, 6.45) is 3.66. The molecule has 0 radical (unpaired) electrons. The summed E-state index contributed by atoms with van der Waals surface area (Å²) in [7, 11) is 0. The van der Waals surface area contributed by atoms with E-state index in [1.165, 1.54) is 0 Å². The smallest absolute Gasteiger partial charge is 0.178 e. The molecule has 3 heteroatoms. The van der Waals surface area contributed by atoms with E-state index >= 15 is 0 Å². The lowest BCUT2D eigenvalue weighted by Crippen LogP contribution is -2.36. The molecule has 1 fully saturated rings. The molecular formula is C4H7N3. The summed E-state index contributed by atoms with van der Waals surface area (Å²) < 4.78 is 0. The first-order valence-electron chi connectivity index (χ1n) is 2.22. The van der Waals surface area contributed by atoms with E-state index < -0.39 is 0 Å². The fourth-order valence-electron chi connectivity index (χ4n) is 0.371. The Hall–Kier alpha value is -0.750. The average molecular weight is 97.1 g/mol. The second kappa shape index (κ2) is 1.11. The Bertz CT molecular complexity index is 109. The Morgan fingerprint density at radius 2 is 2.29 bits per heavy atom. The molecule has 7 heavy (non-hydrogen) atoms. The number of nitrogens with two attached hydrogens (primary N) is 1. The van der Waals surface area contributed by atoms with E-state index in [4.69, 9.17) is 11.0 Å². The van der Waals surface area contributed by atoms with Crippen LogP contribution in [0.2, 0.25) is 0 Å². The maximum Gasteiger partial charge on any atom is 0.178 e. The van der Waals surface area contributed by atoms with Gasteiger partial charge in [-0.1, -0.05) is 0 Å². The summed E-state index contributed by atoms with van der Waals surface area (Å²) in [4.78, 5) is 0. The largest absolute Gasteiger partial charge is 0.308 e. The minimum atomic E-state index is -0.311. The van der Waals surface area contributed by atoms with Gasteiger partial charge < -0.3 is 11.1 Å². The van der Waals surface area contributed by atoms with Crippen molar-refractivity contribution in [3.8, 4) is 6.19 Å². The van der Waals surface area contributed by atoms with Gasteiger partial charge >= 0.3 is 0 Å². The Morgan fingerprint density at radius 1 is 1.71 bits per heavy atom. The lowest BCUT2D eigenvalue weighted by atomic mass is 10.5. The zero-order valence-electron chi connectivity index (χ0n) is 3.94. The molecule has 3 nitrogen and oxygen atoms in total. The van der Waals surface area contributed by atoms with Crippen LogP contribution in [0.5, 0.6) is 0 Å². The van der Waals surface area contributed by atoms with Crippen molar-refractivity contribution < 1.29 is 0 Å². The predicted molar refractivity (Wildman–Crippen MR) is 24.9 cm³/mol. The summed E-state index contributed by atoms with van der Waals surface area (Å²) >= 11 is 0. The van der Waals surface area contributed by atoms with Gasteiger partial charge in [0.1, 0.15) is 0 Å². The van der Waals surface area contributed by atoms with Gasteiger partial charge in [0.15, 0.2) is 6.19 Å². The van der Waals surface area contributed by atoms with Crippen LogP contribution in [0.25, 0.3) is 0 Å². The molecule has 38 valence electrons. The molecule has 0 aromatic heterocycles. The molecule has 0 unspecified atom stereocenters. The fourth-order valence-corrected chi connectivity index (χ4v) is 0.371. The number of nitriles is 1. The van der Waals surface area contributed by atoms with Crippen molar-refractivity contribution in [1.29, 1.82) is 5.26 Å². The first-order valence-corrected chi connectivity index (χ1v) is 2.22. The van der Waals surface area contributed by atoms with Gasteiger partial charge in [-0.2, -0.15) is 5.26 Å². The van der Waals surface area contributed by atoms with Crippen LogP contribution in [0.15, 0.2) is 0 Å². The molecule has 0 aliphatic heterocycles. The minimum absolute atomic E-state index is 0.311. The number of nitrogens with one attached hydrogen (secondary N) is 1. The van der Waals surface area contributed by atoms with E-state index in [0.29, 0.717) is 0 Å². The van der Waals surface area contributed by atoms with Gasteiger partial charge in [0.2, 0.25) is 0 Å². The Labute approximate surface area is 42.1 Å². The molecule has 1 aliphatic carbocycles. The van der Waals surface area contributed by atoms with Crippen molar-refractivity contribution in [2.75, 3.05) is 0 Å². The standard InChI is InChI=1S/C4H7N3/c5-3-7-4(6)1-2-4/h7H,1-2,6H2. The zero-order valence-corrected chi connectivity index (χ0v) is 3.94. The third kappa shape index (κ3) is 0.815. The molecule has 1 saturated carbocycles. The quantitative estimate of drug-likeness (QED) is 0.263. The van der Waals surface area contributed by atoms with Gasteiger partial charge in [-0.05, 0) is 12.8 Å². The van der Waals surface area contributed by atoms with Crippen LogP contribution >= 0.6 is 0 Å². The van der Waals surface area contributed by atoms with Crippen LogP contribution in [-0.2, 0) is 0 Å². The Kier molecular flexibility index (Phi) is 0.698. The van der Waals surface area contributed by atoms with Gasteiger partial charge in [-0.15, -0.1) is 0 Å². The maximum atomic E-state index is 8.00. The fraction of sp³-hybridized carbons (Fsp3) is 0.750. The number of nitrogens with zero attached hydrogens (tertiary/aromatic N) is 1. The third-order valence-corrected chi connectivity index (χ3v) is 1.09. The van der Waals surface area contributed by atoms with Crippen LogP contribution in [0.1, 0.15) is 12.8 Å². The predicted octanol–water partition coefficient (Wildman–Crippen LogP) is -0.494. The Balaban J connectivity index is 2.30. The van der Waals surface area contributed by atoms with Gasteiger partial charge in [0.25, 0.3) is 0 Å². The summed E-state index contributed by atoms with van der Waals surface area (Å²) in [5.41, 5.74) is 5.11. The average Bonchev–Trinajstić information content (AvgIpc) is 2.22. The summed E-state index contributed by atoms with van der Waals surface area (Å²) in [5.74, 6) is 0. The van der Waals surface area contributed by atoms with Gasteiger partial charge in [0, 0.05) is 0 Å². The van der Waals surface area contributed by atoms with E-state index in [9.17, 15) is 0 Å². The highest BCUT2D eigenvalue weighted by atomic mass is 15.1. The second-order valence-electron chi connectivity index (χ2n) is 1.89. The zero-order chi connectivity index (χ0) is 5.33. The first kappa shape index (κ1) is 4.41. The molecule has 0 bridgehead atoms. The molecule has 3 N–H and O–H groups in total. The highest BCUT2D eigenvalue weighted by Crippen LogP contribution is 2.27. The molecular weight excluding hydrogens is 90.1 g/mol. The molecule has 1 aliphatic rings. The monoisotopic (exact) mass is 97.1 g/mol. The SMILES string of the molecule is N#CNC1(N)CC1. The minimum Gasteiger partial charge on any atom is -0.308 e. The molecule has 1 rings (SSSR count). The van der Waals surface area contributed by atoms with E-state index in [1.807, 2.05) is 0 Å². The highest BCUT2D eigenvalue weighted by Gasteiger charge is 2.37. The lowest BCUT2D eigenvalue weighted by Gasteiger charge is -2.00. The van der Waals surface area contributed by atoms with Crippen molar-refractivity contribution in [3.63, 3.8) is 0 Å². The summed E-state index contributed by atoms with van der Waals surface area (Å²) in [6.45, 7) is 0. The van der Waals surface area contributed by atoms with Crippen molar-refractivity contribution in [2.24, 2.45) is 5.73 Å². The van der Waals surface area contributed by atoms with Crippen LogP contribution in [0.3, 0.4) is 0 Å². The summed E-state index contributed by atoms with van der Waals surface area (Å²) in [6, 6.07) is 0. The van der Waals surface area contributed by atoms with Crippen LogP contribution in [0, 0.1) is 11.5 Å². The van der Waals surface area contributed by atoms with Gasteiger partial charge in [-0.3, -0.25) is 0 Å². The first-order chi connectivity index (χ1) is 3.27. The Morgan fingerprint density at radius 3 is 2.43 bits per heavy atom. The van der Waals surface area contributed by atoms with Crippen molar-refractivity contribution in [2.45, 2.75) is 18.5 Å².